The number of fused-ring (bicyclic) bond motifs is 2. The van der Waals surface area contributed by atoms with Gasteiger partial charge in [-0.3, -0.25) is 0 Å². The van der Waals surface area contributed by atoms with E-state index in [4.69, 9.17) is 0 Å². The maximum Gasteiger partial charge on any atom is 0.243 e. The summed E-state index contributed by atoms with van der Waals surface area (Å²) in [4.78, 5) is 4.54. The molecular formula is C16H16N4. The number of nitrogens with one attached hydrogen (secondary N) is 1. The highest BCUT2D eigenvalue weighted by Crippen LogP contribution is 2.23. The van der Waals surface area contributed by atoms with Crippen LogP contribution in [0.1, 0.15) is 16.8 Å². The van der Waals surface area contributed by atoms with Crippen LogP contribution in [-0.4, -0.2) is 20.6 Å². The Balaban J connectivity index is 1.59. The van der Waals surface area contributed by atoms with E-state index in [9.17, 15) is 0 Å². The average Bonchev–Trinajstić information content (AvgIpc) is 3.02. The Morgan fingerprint density at radius 1 is 1.05 bits per heavy atom. The van der Waals surface area contributed by atoms with E-state index in [2.05, 4.69) is 39.7 Å². The first-order valence-corrected chi connectivity index (χ1v) is 6.95. The third-order valence-electron chi connectivity index (χ3n) is 3.93. The van der Waals surface area contributed by atoms with Gasteiger partial charge in [-0.2, -0.15) is 4.98 Å². The third kappa shape index (κ3) is 1.84. The molecule has 2 aromatic heterocycles. The van der Waals surface area contributed by atoms with E-state index in [0.29, 0.717) is 6.04 Å². The predicted molar refractivity (Wildman–Crippen MR) is 79.0 cm³/mol. The molecule has 4 heteroatoms. The summed E-state index contributed by atoms with van der Waals surface area (Å²) in [7, 11) is 0. The lowest BCUT2D eigenvalue weighted by Gasteiger charge is -2.08. The van der Waals surface area contributed by atoms with Gasteiger partial charge >= 0.3 is 0 Å². The SMILES string of the molecule is Cc1cccc2nc(NC3Cc4ccccc4C3)nn12. The molecule has 100 valence electrons. The number of aryl methyl sites for hydroxylation is 1. The van der Waals surface area contributed by atoms with Gasteiger partial charge in [-0.1, -0.05) is 30.3 Å². The Bertz CT molecular complexity index is 750. The second-order valence-corrected chi connectivity index (χ2v) is 5.39. The molecule has 0 aliphatic heterocycles. The molecule has 0 atom stereocenters. The first-order valence-electron chi connectivity index (χ1n) is 6.95. The quantitative estimate of drug-likeness (QED) is 0.773. The van der Waals surface area contributed by atoms with Gasteiger partial charge in [0, 0.05) is 11.7 Å². The molecule has 0 fully saturated rings. The number of hydrogen-bond acceptors (Lipinski definition) is 3. The Kier molecular flexibility index (Phi) is 2.49. The van der Waals surface area contributed by atoms with Crippen LogP contribution >= 0.6 is 0 Å². The normalized spacial score (nSPS) is 14.7. The highest BCUT2D eigenvalue weighted by atomic mass is 15.4. The molecule has 3 aromatic rings. The Labute approximate surface area is 117 Å². The molecule has 2 heterocycles. The lowest BCUT2D eigenvalue weighted by molar-refractivity contribution is 0.759. The third-order valence-corrected chi connectivity index (χ3v) is 3.93. The first kappa shape index (κ1) is 11.5. The van der Waals surface area contributed by atoms with Crippen LogP contribution in [0.15, 0.2) is 42.5 Å². The molecule has 0 saturated carbocycles. The van der Waals surface area contributed by atoms with Crippen LogP contribution in [0.4, 0.5) is 5.95 Å². The zero-order valence-corrected chi connectivity index (χ0v) is 11.4. The summed E-state index contributed by atoms with van der Waals surface area (Å²) in [6, 6.07) is 15.0. The van der Waals surface area contributed by atoms with E-state index >= 15 is 0 Å². The van der Waals surface area contributed by atoms with Crippen molar-refractivity contribution in [2.24, 2.45) is 0 Å². The van der Waals surface area contributed by atoms with Crippen LogP contribution in [0.5, 0.6) is 0 Å². The second kappa shape index (κ2) is 4.34. The number of anilines is 1. The topological polar surface area (TPSA) is 42.2 Å². The second-order valence-electron chi connectivity index (χ2n) is 5.39. The van der Waals surface area contributed by atoms with Crippen LogP contribution in [0.2, 0.25) is 0 Å². The molecule has 0 saturated heterocycles. The van der Waals surface area contributed by atoms with Crippen molar-refractivity contribution in [3.8, 4) is 0 Å². The minimum absolute atomic E-state index is 0.394. The van der Waals surface area contributed by atoms with Crippen molar-refractivity contribution in [3.63, 3.8) is 0 Å². The van der Waals surface area contributed by atoms with Gasteiger partial charge in [0.1, 0.15) is 0 Å². The van der Waals surface area contributed by atoms with Crippen molar-refractivity contribution in [3.05, 3.63) is 59.3 Å². The highest BCUT2D eigenvalue weighted by molar-refractivity contribution is 5.46. The van der Waals surface area contributed by atoms with Crippen LogP contribution in [-0.2, 0) is 12.8 Å². The molecule has 0 radical (unpaired) electrons. The van der Waals surface area contributed by atoms with Gasteiger partial charge < -0.3 is 5.32 Å². The molecule has 1 aliphatic rings. The zero-order valence-electron chi connectivity index (χ0n) is 11.4. The number of rotatable bonds is 2. The predicted octanol–water partition coefficient (Wildman–Crippen LogP) is 2.62. The fourth-order valence-corrected chi connectivity index (χ4v) is 2.94. The summed E-state index contributed by atoms with van der Waals surface area (Å²) < 4.78 is 1.88. The lowest BCUT2D eigenvalue weighted by atomic mass is 10.1. The minimum atomic E-state index is 0.394. The monoisotopic (exact) mass is 264 g/mol. The molecule has 0 amide bonds. The number of nitrogens with zero attached hydrogens (tertiary/aromatic N) is 3. The van der Waals surface area contributed by atoms with E-state index in [-0.39, 0.29) is 0 Å². The van der Waals surface area contributed by atoms with Gasteiger partial charge in [0.15, 0.2) is 5.65 Å². The van der Waals surface area contributed by atoms with Gasteiger partial charge in [-0.05, 0) is 43.0 Å². The van der Waals surface area contributed by atoms with Gasteiger partial charge in [0.25, 0.3) is 0 Å². The Hall–Kier alpha value is -2.36. The van der Waals surface area contributed by atoms with Crippen LogP contribution < -0.4 is 5.32 Å². The number of hydrogen-bond donors (Lipinski definition) is 1. The summed E-state index contributed by atoms with van der Waals surface area (Å²) in [5.41, 5.74) is 4.86. The van der Waals surface area contributed by atoms with Crippen LogP contribution in [0, 0.1) is 6.92 Å². The molecule has 0 bridgehead atoms. The summed E-state index contributed by atoms with van der Waals surface area (Å²) in [5, 5.41) is 7.99. The van der Waals surface area contributed by atoms with Crippen molar-refractivity contribution in [2.45, 2.75) is 25.8 Å². The standard InChI is InChI=1S/C16H16N4/c1-11-5-4-8-15-18-16(19-20(11)15)17-14-9-12-6-2-3-7-13(12)10-14/h2-8,14H,9-10H2,1H3,(H,17,19). The molecular weight excluding hydrogens is 248 g/mol. The summed E-state index contributed by atoms with van der Waals surface area (Å²) in [6.07, 6.45) is 2.09. The zero-order chi connectivity index (χ0) is 13.5. The fourth-order valence-electron chi connectivity index (χ4n) is 2.94. The van der Waals surface area contributed by atoms with E-state index < -0.39 is 0 Å². The molecule has 4 rings (SSSR count). The molecule has 20 heavy (non-hydrogen) atoms. The van der Waals surface area contributed by atoms with Crippen molar-refractivity contribution in [1.82, 2.24) is 14.6 Å². The molecule has 0 spiro atoms. The fraction of sp³-hybridized carbons (Fsp3) is 0.250. The Morgan fingerprint density at radius 2 is 1.80 bits per heavy atom. The van der Waals surface area contributed by atoms with Gasteiger partial charge in [-0.25, -0.2) is 4.52 Å². The van der Waals surface area contributed by atoms with Crippen molar-refractivity contribution < 1.29 is 0 Å². The number of aromatic nitrogens is 3. The van der Waals surface area contributed by atoms with Gasteiger partial charge in [0.05, 0.1) is 0 Å². The Morgan fingerprint density at radius 3 is 2.50 bits per heavy atom. The number of benzene rings is 1. The lowest BCUT2D eigenvalue weighted by Crippen LogP contribution is -2.20. The van der Waals surface area contributed by atoms with Crippen molar-refractivity contribution in [2.75, 3.05) is 5.32 Å². The summed E-state index contributed by atoms with van der Waals surface area (Å²) in [6.45, 7) is 2.04. The number of pyridine rings is 1. The van der Waals surface area contributed by atoms with Gasteiger partial charge in [0.2, 0.25) is 5.95 Å². The molecule has 4 nitrogen and oxygen atoms in total. The van der Waals surface area contributed by atoms with E-state index in [1.807, 2.05) is 29.6 Å². The smallest absolute Gasteiger partial charge is 0.243 e. The maximum absolute atomic E-state index is 4.54. The highest BCUT2D eigenvalue weighted by Gasteiger charge is 2.21. The average molecular weight is 264 g/mol. The maximum atomic E-state index is 4.54. The summed E-state index contributed by atoms with van der Waals surface area (Å²) in [5.74, 6) is 0.720. The largest absolute Gasteiger partial charge is 0.350 e. The molecule has 1 aliphatic carbocycles. The van der Waals surface area contributed by atoms with Gasteiger partial charge in [-0.15, -0.1) is 5.10 Å². The molecule has 1 aromatic carbocycles. The van der Waals surface area contributed by atoms with Crippen LogP contribution in [0.3, 0.4) is 0 Å². The van der Waals surface area contributed by atoms with Crippen LogP contribution in [0.25, 0.3) is 5.65 Å². The minimum Gasteiger partial charge on any atom is -0.350 e. The molecule has 0 unspecified atom stereocenters. The van der Waals surface area contributed by atoms with E-state index in [0.717, 1.165) is 30.1 Å². The van der Waals surface area contributed by atoms with Crippen molar-refractivity contribution in [1.29, 1.82) is 0 Å². The summed E-state index contributed by atoms with van der Waals surface area (Å²) >= 11 is 0. The van der Waals surface area contributed by atoms with E-state index in [1.165, 1.54) is 11.1 Å². The van der Waals surface area contributed by atoms with Crippen molar-refractivity contribution >= 4 is 11.6 Å². The van der Waals surface area contributed by atoms with E-state index in [1.54, 1.807) is 0 Å². The first-order chi connectivity index (χ1) is 9.79. The molecule has 1 N–H and O–H groups in total.